The second-order valence-corrected chi connectivity index (χ2v) is 5.42. The molecule has 0 bridgehead atoms. The molecule has 0 saturated carbocycles. The second-order valence-electron chi connectivity index (χ2n) is 4.57. The van der Waals surface area contributed by atoms with Crippen LogP contribution >= 0.6 is 15.9 Å². The molecule has 0 fully saturated rings. The van der Waals surface area contributed by atoms with Crippen LogP contribution in [0.4, 0.5) is 0 Å². The summed E-state index contributed by atoms with van der Waals surface area (Å²) in [5.41, 5.74) is 0.845. The first-order valence-electron chi connectivity index (χ1n) is 4.93. The average Bonchev–Trinajstić information content (AvgIpc) is 2.05. The van der Waals surface area contributed by atoms with Gasteiger partial charge in [0.2, 0.25) is 5.91 Å². The molecule has 82 valence electrons. The molecule has 3 heteroatoms. The Morgan fingerprint density at radius 2 is 1.93 bits per heavy atom. The van der Waals surface area contributed by atoms with Crippen LogP contribution in [0, 0.1) is 0 Å². The van der Waals surface area contributed by atoms with Crippen LogP contribution < -0.4 is 5.32 Å². The van der Waals surface area contributed by atoms with Gasteiger partial charge in [-0.25, -0.2) is 0 Å². The zero-order chi connectivity index (χ0) is 11.5. The molecular weight excluding hydrogens is 254 g/mol. The molecule has 0 radical (unpaired) electrons. The van der Waals surface area contributed by atoms with Gasteiger partial charge < -0.3 is 5.32 Å². The maximum atomic E-state index is 11.6. The molecule has 1 N–H and O–H groups in total. The summed E-state index contributed by atoms with van der Waals surface area (Å²) in [6, 6.07) is 7.77. The largest absolute Gasteiger partial charge is 0.351 e. The van der Waals surface area contributed by atoms with Crippen molar-refractivity contribution in [1.82, 2.24) is 5.32 Å². The van der Waals surface area contributed by atoms with Gasteiger partial charge in [-0.1, -0.05) is 34.1 Å². The molecule has 0 unspecified atom stereocenters. The molecule has 0 saturated heterocycles. The van der Waals surface area contributed by atoms with Crippen molar-refractivity contribution >= 4 is 21.8 Å². The van der Waals surface area contributed by atoms with Crippen molar-refractivity contribution in [2.24, 2.45) is 0 Å². The van der Waals surface area contributed by atoms with Crippen molar-refractivity contribution in [2.75, 3.05) is 0 Å². The van der Waals surface area contributed by atoms with Crippen molar-refractivity contribution in [3.05, 3.63) is 34.3 Å². The van der Waals surface area contributed by atoms with Gasteiger partial charge in [-0.2, -0.15) is 0 Å². The summed E-state index contributed by atoms with van der Waals surface area (Å²) in [6.07, 6.45) is 0.415. The van der Waals surface area contributed by atoms with Gasteiger partial charge in [0.1, 0.15) is 0 Å². The fourth-order valence-electron chi connectivity index (χ4n) is 1.28. The maximum absolute atomic E-state index is 11.6. The molecule has 15 heavy (non-hydrogen) atoms. The molecule has 1 amide bonds. The highest BCUT2D eigenvalue weighted by atomic mass is 79.9. The molecule has 1 rings (SSSR count). The van der Waals surface area contributed by atoms with Gasteiger partial charge in [0.05, 0.1) is 6.42 Å². The molecule has 0 spiro atoms. The monoisotopic (exact) mass is 269 g/mol. The summed E-state index contributed by atoms with van der Waals surface area (Å²) in [5, 5.41) is 2.94. The summed E-state index contributed by atoms with van der Waals surface area (Å²) in [5.74, 6) is 0.0504. The highest BCUT2D eigenvalue weighted by Crippen LogP contribution is 2.16. The fourth-order valence-corrected chi connectivity index (χ4v) is 1.70. The third kappa shape index (κ3) is 4.47. The van der Waals surface area contributed by atoms with E-state index >= 15 is 0 Å². The van der Waals surface area contributed by atoms with Crippen LogP contribution in [0.15, 0.2) is 28.7 Å². The Morgan fingerprint density at radius 1 is 1.33 bits per heavy atom. The van der Waals surface area contributed by atoms with Crippen LogP contribution in [0.3, 0.4) is 0 Å². The van der Waals surface area contributed by atoms with Crippen LogP contribution in [0.1, 0.15) is 26.3 Å². The first-order valence-corrected chi connectivity index (χ1v) is 5.72. The fraction of sp³-hybridized carbons (Fsp3) is 0.417. The third-order valence-electron chi connectivity index (χ3n) is 1.82. The molecule has 0 aliphatic heterocycles. The Labute approximate surface area is 99.2 Å². The topological polar surface area (TPSA) is 29.1 Å². The van der Waals surface area contributed by atoms with Crippen LogP contribution in [0.25, 0.3) is 0 Å². The van der Waals surface area contributed by atoms with E-state index in [1.54, 1.807) is 0 Å². The molecule has 0 aliphatic carbocycles. The van der Waals surface area contributed by atoms with E-state index in [4.69, 9.17) is 0 Å². The number of carbonyl (C=O) groups is 1. The lowest BCUT2D eigenvalue weighted by atomic mass is 10.1. The van der Waals surface area contributed by atoms with Gasteiger partial charge in [-0.3, -0.25) is 4.79 Å². The predicted molar refractivity (Wildman–Crippen MR) is 65.7 cm³/mol. The summed E-state index contributed by atoms with van der Waals surface area (Å²) >= 11 is 3.42. The van der Waals surface area contributed by atoms with Crippen molar-refractivity contribution in [1.29, 1.82) is 0 Å². The van der Waals surface area contributed by atoms with Crippen molar-refractivity contribution in [3.63, 3.8) is 0 Å². The Balaban J connectivity index is 2.64. The highest BCUT2D eigenvalue weighted by Gasteiger charge is 2.14. The lowest BCUT2D eigenvalue weighted by Crippen LogP contribution is -2.41. The first-order chi connectivity index (χ1) is 6.88. The van der Waals surface area contributed by atoms with Crippen molar-refractivity contribution < 1.29 is 4.79 Å². The van der Waals surface area contributed by atoms with Gasteiger partial charge >= 0.3 is 0 Å². The van der Waals surface area contributed by atoms with E-state index in [2.05, 4.69) is 21.2 Å². The molecular formula is C12H16BrNO. The number of hydrogen-bond donors (Lipinski definition) is 1. The number of hydrogen-bond acceptors (Lipinski definition) is 1. The van der Waals surface area contributed by atoms with E-state index in [0.29, 0.717) is 6.42 Å². The zero-order valence-electron chi connectivity index (χ0n) is 9.30. The number of halogens is 1. The zero-order valence-corrected chi connectivity index (χ0v) is 10.9. The number of amides is 1. The molecule has 1 aromatic rings. The minimum Gasteiger partial charge on any atom is -0.351 e. The Kier molecular flexibility index (Phi) is 3.91. The second kappa shape index (κ2) is 4.79. The van der Waals surface area contributed by atoms with Gasteiger partial charge in [0, 0.05) is 10.0 Å². The van der Waals surface area contributed by atoms with Crippen LogP contribution in [0.5, 0.6) is 0 Å². The standard InChI is InChI=1S/C12H16BrNO/c1-12(2,3)14-11(15)8-9-6-4-5-7-10(9)13/h4-7H,8H2,1-3H3,(H,14,15). The van der Waals surface area contributed by atoms with Gasteiger partial charge in [0.15, 0.2) is 0 Å². The molecule has 0 aliphatic rings. The highest BCUT2D eigenvalue weighted by molar-refractivity contribution is 9.10. The van der Waals surface area contributed by atoms with Gasteiger partial charge in [-0.15, -0.1) is 0 Å². The first kappa shape index (κ1) is 12.2. The minimum atomic E-state index is -0.168. The summed E-state index contributed by atoms with van der Waals surface area (Å²) in [6.45, 7) is 5.93. The van der Waals surface area contributed by atoms with Crippen molar-refractivity contribution in [3.8, 4) is 0 Å². The Bertz CT molecular complexity index is 355. The van der Waals surface area contributed by atoms with Gasteiger partial charge in [0.25, 0.3) is 0 Å². The van der Waals surface area contributed by atoms with E-state index in [-0.39, 0.29) is 11.4 Å². The van der Waals surface area contributed by atoms with Crippen LogP contribution in [0.2, 0.25) is 0 Å². The minimum absolute atomic E-state index is 0.0504. The molecule has 1 aromatic carbocycles. The number of nitrogens with one attached hydrogen (secondary N) is 1. The van der Waals surface area contributed by atoms with Crippen LogP contribution in [-0.4, -0.2) is 11.4 Å². The van der Waals surface area contributed by atoms with E-state index < -0.39 is 0 Å². The Hall–Kier alpha value is -0.830. The number of carbonyl (C=O) groups excluding carboxylic acids is 1. The molecule has 0 heterocycles. The van der Waals surface area contributed by atoms with Gasteiger partial charge in [-0.05, 0) is 32.4 Å². The molecule has 0 atom stereocenters. The summed E-state index contributed by atoms with van der Waals surface area (Å²) in [4.78, 5) is 11.6. The Morgan fingerprint density at radius 3 is 2.47 bits per heavy atom. The predicted octanol–water partition coefficient (Wildman–Crippen LogP) is 2.91. The van der Waals surface area contributed by atoms with Crippen LogP contribution in [-0.2, 0) is 11.2 Å². The van der Waals surface area contributed by atoms with Crippen molar-refractivity contribution in [2.45, 2.75) is 32.7 Å². The lowest BCUT2D eigenvalue weighted by molar-refractivity contribution is -0.121. The lowest BCUT2D eigenvalue weighted by Gasteiger charge is -2.20. The maximum Gasteiger partial charge on any atom is 0.224 e. The molecule has 2 nitrogen and oxygen atoms in total. The average molecular weight is 270 g/mol. The van der Waals surface area contributed by atoms with E-state index in [9.17, 15) is 4.79 Å². The normalized spacial score (nSPS) is 11.2. The number of benzene rings is 1. The van der Waals surface area contributed by atoms with E-state index in [1.165, 1.54) is 0 Å². The van der Waals surface area contributed by atoms with E-state index in [0.717, 1.165) is 10.0 Å². The SMILES string of the molecule is CC(C)(C)NC(=O)Cc1ccccc1Br. The van der Waals surface area contributed by atoms with E-state index in [1.807, 2.05) is 45.0 Å². The third-order valence-corrected chi connectivity index (χ3v) is 2.60. The quantitative estimate of drug-likeness (QED) is 0.879. The summed E-state index contributed by atoms with van der Waals surface area (Å²) in [7, 11) is 0. The number of rotatable bonds is 2. The smallest absolute Gasteiger partial charge is 0.224 e. The molecule has 0 aromatic heterocycles. The summed E-state index contributed by atoms with van der Waals surface area (Å²) < 4.78 is 0.981.